The van der Waals surface area contributed by atoms with Gasteiger partial charge in [-0.1, -0.05) is 18.0 Å². The van der Waals surface area contributed by atoms with Gasteiger partial charge in [-0.2, -0.15) is 11.8 Å². The largest absolute Gasteiger partial charge is 0.478 e. The summed E-state index contributed by atoms with van der Waals surface area (Å²) in [7, 11) is 0. The Morgan fingerprint density at radius 3 is 2.89 bits per heavy atom. The Morgan fingerprint density at radius 2 is 2.39 bits per heavy atom. The standard InChI is InChI=1S/C12H15ClN2O2S/c1-18-12(4-2-5-12)7-15-10-9(13)8(11(16)17)3-6-14-10/h3,6H,2,4-5,7H2,1H3,(H,14,15)(H,16,17). The van der Waals surface area contributed by atoms with Crippen LogP contribution in [0.2, 0.25) is 5.02 Å². The van der Waals surface area contributed by atoms with E-state index in [-0.39, 0.29) is 15.3 Å². The minimum absolute atomic E-state index is 0.0842. The van der Waals surface area contributed by atoms with Crippen LogP contribution in [0.5, 0.6) is 0 Å². The molecule has 0 aromatic carbocycles. The highest BCUT2D eigenvalue weighted by molar-refractivity contribution is 8.00. The lowest BCUT2D eigenvalue weighted by Crippen LogP contribution is -2.40. The number of carboxylic acids is 1. The van der Waals surface area contributed by atoms with Gasteiger partial charge in [0.25, 0.3) is 0 Å². The molecule has 0 atom stereocenters. The molecule has 1 aromatic heterocycles. The van der Waals surface area contributed by atoms with Crippen molar-refractivity contribution in [2.75, 3.05) is 18.1 Å². The third-order valence-electron chi connectivity index (χ3n) is 3.40. The molecule has 0 bridgehead atoms. The Morgan fingerprint density at radius 1 is 1.67 bits per heavy atom. The van der Waals surface area contributed by atoms with Crippen LogP contribution in [-0.2, 0) is 0 Å². The van der Waals surface area contributed by atoms with E-state index in [2.05, 4.69) is 16.6 Å². The van der Waals surface area contributed by atoms with Gasteiger partial charge in [0, 0.05) is 17.5 Å². The number of halogens is 1. The molecule has 0 unspecified atom stereocenters. The van der Waals surface area contributed by atoms with Crippen LogP contribution >= 0.6 is 23.4 Å². The van der Waals surface area contributed by atoms with Gasteiger partial charge in [-0.3, -0.25) is 0 Å². The number of aromatic carboxylic acids is 1. The number of hydrogen-bond donors (Lipinski definition) is 2. The maximum Gasteiger partial charge on any atom is 0.337 e. The summed E-state index contributed by atoms with van der Waals surface area (Å²) in [4.78, 5) is 15.1. The molecular weight excluding hydrogens is 272 g/mol. The van der Waals surface area contributed by atoms with Crippen LogP contribution in [0.25, 0.3) is 0 Å². The van der Waals surface area contributed by atoms with Crippen molar-refractivity contribution in [1.82, 2.24) is 4.98 Å². The molecule has 0 radical (unpaired) electrons. The lowest BCUT2D eigenvalue weighted by molar-refractivity contribution is 0.0697. The van der Waals surface area contributed by atoms with E-state index in [1.165, 1.54) is 31.5 Å². The Labute approximate surface area is 115 Å². The zero-order valence-corrected chi connectivity index (χ0v) is 11.6. The zero-order valence-electron chi connectivity index (χ0n) is 10.1. The second kappa shape index (κ2) is 5.36. The number of carboxylic acid groups (broad SMARTS) is 1. The van der Waals surface area contributed by atoms with E-state index < -0.39 is 5.97 Å². The van der Waals surface area contributed by atoms with Crippen molar-refractivity contribution in [2.45, 2.75) is 24.0 Å². The molecule has 98 valence electrons. The number of hydrogen-bond acceptors (Lipinski definition) is 4. The van der Waals surface area contributed by atoms with Gasteiger partial charge in [-0.15, -0.1) is 0 Å². The van der Waals surface area contributed by atoms with E-state index in [9.17, 15) is 4.79 Å². The Bertz CT molecular complexity index is 458. The average molecular weight is 287 g/mol. The fraction of sp³-hybridized carbons (Fsp3) is 0.500. The molecule has 1 aromatic rings. The van der Waals surface area contributed by atoms with Crippen molar-refractivity contribution in [2.24, 2.45) is 0 Å². The Hall–Kier alpha value is -0.940. The summed E-state index contributed by atoms with van der Waals surface area (Å²) in [6.07, 6.45) is 7.17. The van der Waals surface area contributed by atoms with Gasteiger partial charge in [0.05, 0.1) is 10.6 Å². The molecular formula is C12H15ClN2O2S. The number of pyridine rings is 1. The predicted molar refractivity (Wildman–Crippen MR) is 74.8 cm³/mol. The van der Waals surface area contributed by atoms with Crippen LogP contribution in [-0.4, -0.2) is 33.6 Å². The quantitative estimate of drug-likeness (QED) is 0.871. The summed E-state index contributed by atoms with van der Waals surface area (Å²) < 4.78 is 0.254. The van der Waals surface area contributed by atoms with E-state index >= 15 is 0 Å². The first-order valence-electron chi connectivity index (χ1n) is 5.75. The minimum atomic E-state index is -1.03. The van der Waals surface area contributed by atoms with Crippen LogP contribution in [0.3, 0.4) is 0 Å². The summed E-state index contributed by atoms with van der Waals surface area (Å²) in [6.45, 7) is 0.768. The molecule has 1 heterocycles. The third kappa shape index (κ3) is 2.57. The van der Waals surface area contributed by atoms with E-state index in [1.807, 2.05) is 11.8 Å². The van der Waals surface area contributed by atoms with Crippen molar-refractivity contribution >= 4 is 35.1 Å². The highest BCUT2D eigenvalue weighted by atomic mass is 35.5. The third-order valence-corrected chi connectivity index (χ3v) is 5.20. The molecule has 2 N–H and O–H groups in total. The lowest BCUT2D eigenvalue weighted by atomic mass is 9.84. The molecule has 4 nitrogen and oxygen atoms in total. The van der Waals surface area contributed by atoms with Crippen LogP contribution in [0.4, 0.5) is 5.82 Å². The van der Waals surface area contributed by atoms with Crippen molar-refractivity contribution in [3.63, 3.8) is 0 Å². The van der Waals surface area contributed by atoms with Crippen molar-refractivity contribution in [1.29, 1.82) is 0 Å². The molecule has 2 rings (SSSR count). The summed E-state index contributed by atoms with van der Waals surface area (Å²) in [6, 6.07) is 1.41. The van der Waals surface area contributed by atoms with Gasteiger partial charge in [0.2, 0.25) is 0 Å². The highest BCUT2D eigenvalue weighted by Crippen LogP contribution is 2.43. The van der Waals surface area contributed by atoms with Crippen molar-refractivity contribution < 1.29 is 9.90 Å². The minimum Gasteiger partial charge on any atom is -0.478 e. The fourth-order valence-corrected chi connectivity index (χ4v) is 3.17. The first-order valence-corrected chi connectivity index (χ1v) is 7.35. The van der Waals surface area contributed by atoms with Crippen LogP contribution in [0, 0.1) is 0 Å². The molecule has 0 spiro atoms. The van der Waals surface area contributed by atoms with E-state index in [1.54, 1.807) is 0 Å². The summed E-state index contributed by atoms with van der Waals surface area (Å²) >= 11 is 7.87. The molecule has 6 heteroatoms. The molecule has 1 aliphatic carbocycles. The maximum absolute atomic E-state index is 11.0. The number of carbonyl (C=O) groups is 1. The number of nitrogens with zero attached hydrogens (tertiary/aromatic N) is 1. The maximum atomic E-state index is 11.0. The van der Waals surface area contributed by atoms with Gasteiger partial charge in [0.1, 0.15) is 5.82 Å². The number of nitrogens with one attached hydrogen (secondary N) is 1. The Balaban J connectivity index is 2.10. The van der Waals surface area contributed by atoms with E-state index in [0.29, 0.717) is 5.82 Å². The first-order chi connectivity index (χ1) is 8.58. The number of thioether (sulfide) groups is 1. The molecule has 0 aliphatic heterocycles. The van der Waals surface area contributed by atoms with Gasteiger partial charge in [-0.25, -0.2) is 9.78 Å². The molecule has 18 heavy (non-hydrogen) atoms. The molecule has 0 amide bonds. The number of aromatic nitrogens is 1. The Kier molecular flexibility index (Phi) is 4.02. The second-order valence-corrected chi connectivity index (χ2v) is 6.07. The van der Waals surface area contributed by atoms with Gasteiger partial charge in [-0.05, 0) is 25.2 Å². The monoisotopic (exact) mass is 286 g/mol. The molecule has 0 saturated heterocycles. The van der Waals surface area contributed by atoms with Crippen molar-refractivity contribution in [3.8, 4) is 0 Å². The normalized spacial score (nSPS) is 17.0. The summed E-state index contributed by atoms with van der Waals surface area (Å²) in [5.74, 6) is -0.578. The summed E-state index contributed by atoms with van der Waals surface area (Å²) in [5, 5.41) is 12.3. The number of anilines is 1. The van der Waals surface area contributed by atoms with E-state index in [4.69, 9.17) is 16.7 Å². The first kappa shape index (κ1) is 13.5. The molecule has 1 saturated carbocycles. The van der Waals surface area contributed by atoms with Crippen LogP contribution < -0.4 is 5.32 Å². The second-order valence-electron chi connectivity index (χ2n) is 4.42. The lowest BCUT2D eigenvalue weighted by Gasteiger charge is -2.40. The van der Waals surface area contributed by atoms with Gasteiger partial charge in [0.15, 0.2) is 0 Å². The van der Waals surface area contributed by atoms with Crippen LogP contribution in [0.15, 0.2) is 12.3 Å². The molecule has 1 aliphatic rings. The predicted octanol–water partition coefficient (Wildman–Crippen LogP) is 3.13. The van der Waals surface area contributed by atoms with Crippen LogP contribution in [0.1, 0.15) is 29.6 Å². The van der Waals surface area contributed by atoms with Gasteiger partial charge < -0.3 is 10.4 Å². The number of rotatable bonds is 5. The fourth-order valence-electron chi connectivity index (χ4n) is 2.00. The smallest absolute Gasteiger partial charge is 0.337 e. The highest BCUT2D eigenvalue weighted by Gasteiger charge is 2.36. The topological polar surface area (TPSA) is 62.2 Å². The molecule has 1 fully saturated rings. The SMILES string of the molecule is CSC1(CNc2nccc(C(=O)O)c2Cl)CCC1. The average Bonchev–Trinajstić information content (AvgIpc) is 2.29. The van der Waals surface area contributed by atoms with E-state index in [0.717, 1.165) is 6.54 Å². The van der Waals surface area contributed by atoms with Gasteiger partial charge >= 0.3 is 5.97 Å². The zero-order chi connectivity index (χ0) is 13.2. The van der Waals surface area contributed by atoms with Crippen molar-refractivity contribution in [3.05, 3.63) is 22.8 Å². The summed E-state index contributed by atoms with van der Waals surface area (Å²) in [5.41, 5.74) is 0.0842.